The van der Waals surface area contributed by atoms with E-state index in [0.29, 0.717) is 11.8 Å². The van der Waals surface area contributed by atoms with E-state index >= 15 is 0 Å². The van der Waals surface area contributed by atoms with Gasteiger partial charge in [-0.2, -0.15) is 0 Å². The van der Waals surface area contributed by atoms with Gasteiger partial charge in [-0.3, -0.25) is 24.2 Å². The number of amides is 3. The summed E-state index contributed by atoms with van der Waals surface area (Å²) in [5.41, 5.74) is -0.530. The Labute approximate surface area is 243 Å². The minimum Gasteiger partial charge on any atom is -0.466 e. The van der Waals surface area contributed by atoms with Crippen LogP contribution in [0, 0.1) is 23.7 Å². The Balaban J connectivity index is 1.23. The van der Waals surface area contributed by atoms with Crippen LogP contribution in [0.25, 0.3) is 0 Å². The van der Waals surface area contributed by atoms with E-state index in [1.54, 1.807) is 6.07 Å². The number of carbonyl (C=O) groups excluding carboxylic acids is 4. The molecule has 0 radical (unpaired) electrons. The van der Waals surface area contributed by atoms with E-state index in [-0.39, 0.29) is 42.7 Å². The average molecular weight is 577 g/mol. The fraction of sp³-hybridized carbons (Fsp3) is 0.500. The number of aromatic nitrogens is 3. The molecule has 4 saturated carbocycles. The number of rotatable bonds is 11. The van der Waals surface area contributed by atoms with Crippen molar-refractivity contribution in [3.8, 4) is 0 Å². The molecule has 4 aliphatic carbocycles. The number of nitrogens with zero attached hydrogens (tertiary/aromatic N) is 3. The molecule has 4 fully saturated rings. The highest BCUT2D eigenvalue weighted by Crippen LogP contribution is 2.53. The quantitative estimate of drug-likeness (QED) is 0.270. The lowest BCUT2D eigenvalue weighted by Crippen LogP contribution is -2.56. The zero-order valence-corrected chi connectivity index (χ0v) is 23.5. The van der Waals surface area contributed by atoms with Gasteiger partial charge in [-0.25, -0.2) is 9.78 Å². The molecule has 42 heavy (non-hydrogen) atoms. The molecular formula is C30H36N6O6. The Hall–Kier alpha value is -4.35. The van der Waals surface area contributed by atoms with Crippen molar-refractivity contribution in [3.05, 3.63) is 65.1 Å². The van der Waals surface area contributed by atoms with Gasteiger partial charge in [0, 0.05) is 30.7 Å². The van der Waals surface area contributed by atoms with Gasteiger partial charge in [0.05, 0.1) is 13.3 Å². The van der Waals surface area contributed by atoms with Crippen molar-refractivity contribution in [2.24, 2.45) is 23.7 Å². The summed E-state index contributed by atoms with van der Waals surface area (Å²) in [5.74, 6) is 0.608. The molecule has 222 valence electrons. The van der Waals surface area contributed by atoms with Gasteiger partial charge in [-0.05, 0) is 80.8 Å². The fourth-order valence-corrected chi connectivity index (χ4v) is 6.95. The molecule has 2 aromatic rings. The number of nitrogens with one attached hydrogen (secondary N) is 3. The van der Waals surface area contributed by atoms with E-state index in [1.807, 2.05) is 0 Å². The normalized spacial score (nSPS) is 24.6. The van der Waals surface area contributed by atoms with Crippen molar-refractivity contribution in [2.75, 3.05) is 12.4 Å². The van der Waals surface area contributed by atoms with Crippen LogP contribution < -0.4 is 21.5 Å². The Kier molecular flexibility index (Phi) is 9.09. The van der Waals surface area contributed by atoms with Crippen LogP contribution in [0.15, 0.2) is 53.9 Å². The zero-order valence-electron chi connectivity index (χ0n) is 23.5. The van der Waals surface area contributed by atoms with Crippen LogP contribution >= 0.6 is 0 Å². The third-order valence-electron chi connectivity index (χ3n) is 8.64. The molecule has 6 rings (SSSR count). The second-order valence-corrected chi connectivity index (χ2v) is 11.5. The Morgan fingerprint density at radius 3 is 2.50 bits per heavy atom. The van der Waals surface area contributed by atoms with Crippen molar-refractivity contribution in [2.45, 2.75) is 63.6 Å². The number of hydrogen-bond acceptors (Lipinski definition) is 8. The summed E-state index contributed by atoms with van der Waals surface area (Å²) in [6.45, 7) is -0.156. The molecule has 2 aromatic heterocycles. The van der Waals surface area contributed by atoms with E-state index in [4.69, 9.17) is 0 Å². The third kappa shape index (κ3) is 6.92. The van der Waals surface area contributed by atoms with E-state index in [2.05, 4.69) is 30.7 Å². The number of pyridine rings is 1. The lowest BCUT2D eigenvalue weighted by molar-refractivity contribution is -0.134. The molecule has 2 heterocycles. The Morgan fingerprint density at radius 1 is 1.10 bits per heavy atom. The van der Waals surface area contributed by atoms with Crippen LogP contribution in [0.5, 0.6) is 0 Å². The van der Waals surface area contributed by atoms with Crippen molar-refractivity contribution in [1.82, 2.24) is 25.2 Å². The van der Waals surface area contributed by atoms with Crippen LogP contribution in [0.4, 0.5) is 5.69 Å². The van der Waals surface area contributed by atoms with Gasteiger partial charge in [0.15, 0.2) is 0 Å². The molecule has 4 bridgehead atoms. The molecule has 0 aromatic carbocycles. The minimum absolute atomic E-state index is 0.0196. The van der Waals surface area contributed by atoms with Crippen LogP contribution in [-0.2, 0) is 25.7 Å². The molecule has 3 N–H and O–H groups in total. The minimum atomic E-state index is -1.06. The van der Waals surface area contributed by atoms with Gasteiger partial charge in [0.2, 0.25) is 11.8 Å². The summed E-state index contributed by atoms with van der Waals surface area (Å²) in [5, 5.41) is 8.42. The number of allylic oxidation sites excluding steroid dienone is 1. The lowest BCUT2D eigenvalue weighted by atomic mass is 9.54. The van der Waals surface area contributed by atoms with Crippen LogP contribution in [0.1, 0.15) is 55.4 Å². The first-order valence-corrected chi connectivity index (χ1v) is 14.4. The largest absolute Gasteiger partial charge is 0.466 e. The van der Waals surface area contributed by atoms with Gasteiger partial charge < -0.3 is 25.3 Å². The van der Waals surface area contributed by atoms with Crippen molar-refractivity contribution < 1.29 is 23.9 Å². The summed E-state index contributed by atoms with van der Waals surface area (Å²) in [4.78, 5) is 71.4. The maximum absolute atomic E-state index is 13.2. The number of esters is 1. The topological polar surface area (TPSA) is 161 Å². The second-order valence-electron chi connectivity index (χ2n) is 11.5. The zero-order chi connectivity index (χ0) is 29.6. The number of ether oxygens (including phenoxy) is 1. The molecule has 0 spiro atoms. The van der Waals surface area contributed by atoms with Crippen LogP contribution in [0.2, 0.25) is 0 Å². The number of carbonyl (C=O) groups is 4. The summed E-state index contributed by atoms with van der Waals surface area (Å²) < 4.78 is 5.84. The highest BCUT2D eigenvalue weighted by atomic mass is 16.5. The standard InChI is InChI=1S/C30H36N6O6/c1-42-26(38)7-3-2-5-22(33-29(40)24-16-31-8-9-32-24)28(39)34-23-6-4-10-36(30(23)41)17-25(37)35-27-20-12-18-11-19(14-20)15-21(27)13-18/h3-4,6-10,16,18-22,27H,2,5,11-15,17H2,1H3,(H,33,40)(H,34,39)(H,35,37)/b7-3+/t18?,19?,20?,21?,22-,27?/m0/s1. The molecule has 4 aliphatic rings. The second kappa shape index (κ2) is 13.1. The van der Waals surface area contributed by atoms with E-state index < -0.39 is 29.4 Å². The van der Waals surface area contributed by atoms with Gasteiger partial charge in [0.1, 0.15) is 24.0 Å². The molecule has 1 atom stereocenters. The average Bonchev–Trinajstić information content (AvgIpc) is 2.98. The Bertz CT molecular complexity index is 1380. The predicted octanol–water partition coefficient (Wildman–Crippen LogP) is 1.83. The first-order chi connectivity index (χ1) is 20.3. The maximum atomic E-state index is 13.2. The first-order valence-electron chi connectivity index (χ1n) is 14.4. The molecule has 12 heteroatoms. The monoisotopic (exact) mass is 576 g/mol. The van der Waals surface area contributed by atoms with Crippen molar-refractivity contribution in [3.63, 3.8) is 0 Å². The Morgan fingerprint density at radius 2 is 1.83 bits per heavy atom. The van der Waals surface area contributed by atoms with E-state index in [0.717, 1.165) is 11.8 Å². The molecule has 3 amide bonds. The predicted molar refractivity (Wildman–Crippen MR) is 152 cm³/mol. The smallest absolute Gasteiger partial charge is 0.330 e. The van der Waals surface area contributed by atoms with E-state index in [9.17, 15) is 24.0 Å². The first kappa shape index (κ1) is 29.2. The lowest BCUT2D eigenvalue weighted by Gasteiger charge is -2.54. The van der Waals surface area contributed by atoms with E-state index in [1.165, 1.54) is 86.8 Å². The van der Waals surface area contributed by atoms with Crippen molar-refractivity contribution in [1.29, 1.82) is 0 Å². The molecule has 0 saturated heterocycles. The number of anilines is 1. The molecule has 12 nitrogen and oxygen atoms in total. The summed E-state index contributed by atoms with van der Waals surface area (Å²) in [7, 11) is 1.25. The SMILES string of the molecule is COC(=O)/C=C/CC[C@H](NC(=O)c1cnccn1)C(=O)Nc1cccn(CC(=O)NC2C3CC4CC(C3)CC2C4)c1=O. The maximum Gasteiger partial charge on any atom is 0.330 e. The highest BCUT2D eigenvalue weighted by Gasteiger charge is 2.48. The summed E-state index contributed by atoms with van der Waals surface area (Å²) >= 11 is 0. The van der Waals surface area contributed by atoms with Crippen LogP contribution in [-0.4, -0.2) is 57.4 Å². The molecule has 0 aliphatic heterocycles. The van der Waals surface area contributed by atoms with Crippen molar-refractivity contribution >= 4 is 29.4 Å². The fourth-order valence-electron chi connectivity index (χ4n) is 6.95. The number of methoxy groups -OCH3 is 1. The molecular weight excluding hydrogens is 540 g/mol. The van der Waals surface area contributed by atoms with Gasteiger partial charge in [-0.1, -0.05) is 6.08 Å². The third-order valence-corrected chi connectivity index (χ3v) is 8.64. The molecule has 0 unspecified atom stereocenters. The highest BCUT2D eigenvalue weighted by molar-refractivity contribution is 6.00. The van der Waals surface area contributed by atoms with Crippen LogP contribution in [0.3, 0.4) is 0 Å². The summed E-state index contributed by atoms with van der Waals surface area (Å²) in [6.07, 6.45) is 14.7. The number of hydrogen-bond donors (Lipinski definition) is 3. The van der Waals surface area contributed by atoms with Gasteiger partial charge >= 0.3 is 5.97 Å². The van der Waals surface area contributed by atoms with Gasteiger partial charge in [-0.15, -0.1) is 0 Å². The summed E-state index contributed by atoms with van der Waals surface area (Å²) in [6, 6.07) is 2.13. The van der Waals surface area contributed by atoms with Gasteiger partial charge in [0.25, 0.3) is 11.5 Å².